The average Bonchev–Trinajstić information content (AvgIpc) is 2.61. The van der Waals surface area contributed by atoms with E-state index in [-0.39, 0.29) is 11.9 Å². The molecular weight excluding hydrogens is 284 g/mol. The maximum absolute atomic E-state index is 12.4. The fourth-order valence-corrected chi connectivity index (χ4v) is 2.54. The van der Waals surface area contributed by atoms with Crippen molar-refractivity contribution in [1.82, 2.24) is 5.32 Å². The standard InChI is InChI=1S/C20H16N2O/c1-14(16-8-6-15(13-21)7-9-16)22-20(23)19-11-10-17-4-2-3-5-18(17)12-19/h2-12,14H,1H3,(H,22,23). The molecule has 0 aromatic heterocycles. The lowest BCUT2D eigenvalue weighted by molar-refractivity contribution is 0.0940. The molecule has 0 saturated heterocycles. The van der Waals surface area contributed by atoms with Crippen LogP contribution in [0.3, 0.4) is 0 Å². The van der Waals surface area contributed by atoms with E-state index in [2.05, 4.69) is 11.4 Å². The van der Waals surface area contributed by atoms with Crippen molar-refractivity contribution in [1.29, 1.82) is 5.26 Å². The lowest BCUT2D eigenvalue weighted by Gasteiger charge is -2.14. The van der Waals surface area contributed by atoms with Gasteiger partial charge in [-0.15, -0.1) is 0 Å². The van der Waals surface area contributed by atoms with E-state index in [1.54, 1.807) is 12.1 Å². The number of nitriles is 1. The van der Waals surface area contributed by atoms with Gasteiger partial charge >= 0.3 is 0 Å². The summed E-state index contributed by atoms with van der Waals surface area (Å²) in [6.07, 6.45) is 0. The Kier molecular flexibility index (Phi) is 4.07. The van der Waals surface area contributed by atoms with Crippen LogP contribution >= 0.6 is 0 Å². The zero-order valence-electron chi connectivity index (χ0n) is 12.8. The molecule has 0 aliphatic rings. The summed E-state index contributed by atoms with van der Waals surface area (Å²) in [4.78, 5) is 12.4. The van der Waals surface area contributed by atoms with Crippen LogP contribution in [0.1, 0.15) is 34.5 Å². The molecule has 3 heteroatoms. The summed E-state index contributed by atoms with van der Waals surface area (Å²) in [6, 6.07) is 22.9. The molecule has 0 spiro atoms. The number of hydrogen-bond acceptors (Lipinski definition) is 2. The molecule has 0 heterocycles. The molecule has 1 unspecified atom stereocenters. The van der Waals surface area contributed by atoms with Gasteiger partial charge in [-0.3, -0.25) is 4.79 Å². The number of hydrogen-bond donors (Lipinski definition) is 1. The minimum atomic E-state index is -0.123. The molecule has 1 amide bonds. The first kappa shape index (κ1) is 14.8. The van der Waals surface area contributed by atoms with Crippen LogP contribution in [0, 0.1) is 11.3 Å². The van der Waals surface area contributed by atoms with Crippen molar-refractivity contribution >= 4 is 16.7 Å². The quantitative estimate of drug-likeness (QED) is 0.788. The molecule has 0 fully saturated rings. The van der Waals surface area contributed by atoms with Gasteiger partial charge in [0.25, 0.3) is 5.91 Å². The van der Waals surface area contributed by atoms with E-state index in [4.69, 9.17) is 5.26 Å². The summed E-state index contributed by atoms with van der Waals surface area (Å²) >= 11 is 0. The summed E-state index contributed by atoms with van der Waals surface area (Å²) in [6.45, 7) is 1.93. The van der Waals surface area contributed by atoms with Gasteiger partial charge < -0.3 is 5.32 Å². The largest absolute Gasteiger partial charge is 0.346 e. The van der Waals surface area contributed by atoms with E-state index in [0.717, 1.165) is 16.3 Å². The van der Waals surface area contributed by atoms with E-state index in [1.807, 2.05) is 61.5 Å². The number of carbonyl (C=O) groups excluding carboxylic acids is 1. The van der Waals surface area contributed by atoms with Gasteiger partial charge in [0.1, 0.15) is 0 Å². The van der Waals surface area contributed by atoms with E-state index in [9.17, 15) is 4.79 Å². The number of rotatable bonds is 3. The van der Waals surface area contributed by atoms with Crippen molar-refractivity contribution in [2.45, 2.75) is 13.0 Å². The zero-order valence-corrected chi connectivity index (χ0v) is 12.8. The number of nitrogens with zero attached hydrogens (tertiary/aromatic N) is 1. The highest BCUT2D eigenvalue weighted by Gasteiger charge is 2.11. The van der Waals surface area contributed by atoms with Crippen LogP contribution in [0.4, 0.5) is 0 Å². The van der Waals surface area contributed by atoms with Crippen molar-refractivity contribution in [3.05, 3.63) is 83.4 Å². The van der Waals surface area contributed by atoms with Crippen LogP contribution in [-0.4, -0.2) is 5.91 Å². The van der Waals surface area contributed by atoms with Crippen LogP contribution in [0.15, 0.2) is 66.7 Å². The first-order valence-electron chi connectivity index (χ1n) is 7.47. The second kappa shape index (κ2) is 6.33. The third-order valence-corrected chi connectivity index (χ3v) is 3.90. The van der Waals surface area contributed by atoms with Crippen molar-refractivity contribution in [3.63, 3.8) is 0 Å². The third kappa shape index (κ3) is 3.22. The van der Waals surface area contributed by atoms with Crippen molar-refractivity contribution in [3.8, 4) is 6.07 Å². The van der Waals surface area contributed by atoms with Crippen molar-refractivity contribution in [2.24, 2.45) is 0 Å². The van der Waals surface area contributed by atoms with Gasteiger partial charge in [0.15, 0.2) is 0 Å². The minimum Gasteiger partial charge on any atom is -0.346 e. The topological polar surface area (TPSA) is 52.9 Å². The first-order valence-corrected chi connectivity index (χ1v) is 7.47. The number of nitrogens with one attached hydrogen (secondary N) is 1. The SMILES string of the molecule is CC(NC(=O)c1ccc2ccccc2c1)c1ccc(C#N)cc1. The number of amides is 1. The van der Waals surface area contributed by atoms with Crippen LogP contribution < -0.4 is 5.32 Å². The van der Waals surface area contributed by atoms with Gasteiger partial charge in [0.05, 0.1) is 17.7 Å². The molecule has 3 aromatic rings. The highest BCUT2D eigenvalue weighted by Crippen LogP contribution is 2.17. The van der Waals surface area contributed by atoms with Crippen molar-refractivity contribution in [2.75, 3.05) is 0 Å². The third-order valence-electron chi connectivity index (χ3n) is 3.90. The predicted octanol–water partition coefficient (Wildman–Crippen LogP) is 4.20. The smallest absolute Gasteiger partial charge is 0.251 e. The summed E-state index contributed by atoms with van der Waals surface area (Å²) in [7, 11) is 0. The number of benzene rings is 3. The molecule has 0 bridgehead atoms. The van der Waals surface area contributed by atoms with Gasteiger partial charge in [0.2, 0.25) is 0 Å². The van der Waals surface area contributed by atoms with Crippen molar-refractivity contribution < 1.29 is 4.79 Å². The summed E-state index contributed by atoms with van der Waals surface area (Å²) in [5.41, 5.74) is 2.23. The molecule has 0 radical (unpaired) electrons. The van der Waals surface area contributed by atoms with E-state index in [1.165, 1.54) is 0 Å². The molecule has 0 saturated carbocycles. The molecule has 23 heavy (non-hydrogen) atoms. The average molecular weight is 300 g/mol. The second-order valence-electron chi connectivity index (χ2n) is 5.49. The van der Waals surface area contributed by atoms with Crippen LogP contribution in [-0.2, 0) is 0 Å². The fourth-order valence-electron chi connectivity index (χ4n) is 2.54. The van der Waals surface area contributed by atoms with E-state index >= 15 is 0 Å². The van der Waals surface area contributed by atoms with Gasteiger partial charge in [0, 0.05) is 5.56 Å². The molecule has 3 aromatic carbocycles. The first-order chi connectivity index (χ1) is 11.2. The highest BCUT2D eigenvalue weighted by molar-refractivity contribution is 5.98. The lowest BCUT2D eigenvalue weighted by atomic mass is 10.0. The second-order valence-corrected chi connectivity index (χ2v) is 5.49. The summed E-state index contributed by atoms with van der Waals surface area (Å²) < 4.78 is 0. The van der Waals surface area contributed by atoms with Gasteiger partial charge in [-0.1, -0.05) is 42.5 Å². The number of fused-ring (bicyclic) bond motifs is 1. The Labute approximate surface area is 135 Å². The molecule has 0 aliphatic carbocycles. The number of carbonyl (C=O) groups is 1. The van der Waals surface area contributed by atoms with Gasteiger partial charge in [-0.05, 0) is 47.5 Å². The summed E-state index contributed by atoms with van der Waals surface area (Å²) in [5.74, 6) is -0.104. The predicted molar refractivity (Wildman–Crippen MR) is 91.0 cm³/mol. The molecule has 0 aliphatic heterocycles. The summed E-state index contributed by atoms with van der Waals surface area (Å²) in [5, 5.41) is 14.0. The minimum absolute atomic E-state index is 0.104. The molecule has 3 rings (SSSR count). The molecule has 112 valence electrons. The Morgan fingerprint density at radius 3 is 2.39 bits per heavy atom. The van der Waals surface area contributed by atoms with E-state index in [0.29, 0.717) is 11.1 Å². The van der Waals surface area contributed by atoms with Crippen LogP contribution in [0.25, 0.3) is 10.8 Å². The Morgan fingerprint density at radius 2 is 1.70 bits per heavy atom. The Hall–Kier alpha value is -3.12. The highest BCUT2D eigenvalue weighted by atomic mass is 16.1. The van der Waals surface area contributed by atoms with Crippen LogP contribution in [0.2, 0.25) is 0 Å². The van der Waals surface area contributed by atoms with Gasteiger partial charge in [-0.25, -0.2) is 0 Å². The molecular formula is C20H16N2O. The lowest BCUT2D eigenvalue weighted by Crippen LogP contribution is -2.26. The van der Waals surface area contributed by atoms with Crippen LogP contribution in [0.5, 0.6) is 0 Å². The monoisotopic (exact) mass is 300 g/mol. The molecule has 3 nitrogen and oxygen atoms in total. The van der Waals surface area contributed by atoms with E-state index < -0.39 is 0 Å². The van der Waals surface area contributed by atoms with Gasteiger partial charge in [-0.2, -0.15) is 5.26 Å². The maximum Gasteiger partial charge on any atom is 0.251 e. The maximum atomic E-state index is 12.4. The Morgan fingerprint density at radius 1 is 1.00 bits per heavy atom. The Balaban J connectivity index is 1.77. The fraction of sp³-hybridized carbons (Fsp3) is 0.100. The molecule has 1 N–H and O–H groups in total. The zero-order chi connectivity index (χ0) is 16.2. The molecule has 1 atom stereocenters. The Bertz CT molecular complexity index is 891. The normalized spacial score (nSPS) is 11.7.